The van der Waals surface area contributed by atoms with Gasteiger partial charge in [-0.05, 0) is 31.0 Å². The molecule has 1 saturated heterocycles. The SMILES string of the molecule is O=c1c2ccccc2nc(C2CCCN2c2ccncn2)n1CC(F)F. The monoisotopic (exact) mass is 357 g/mol. The summed E-state index contributed by atoms with van der Waals surface area (Å²) in [6.07, 6.45) is 2.04. The molecule has 0 saturated carbocycles. The van der Waals surface area contributed by atoms with E-state index in [0.29, 0.717) is 22.5 Å². The van der Waals surface area contributed by atoms with E-state index in [1.54, 1.807) is 36.5 Å². The van der Waals surface area contributed by atoms with Crippen LogP contribution in [0.3, 0.4) is 0 Å². The number of nitrogens with zero attached hydrogens (tertiary/aromatic N) is 5. The number of rotatable bonds is 4. The summed E-state index contributed by atoms with van der Waals surface area (Å²) >= 11 is 0. The Morgan fingerprint density at radius 2 is 2.08 bits per heavy atom. The summed E-state index contributed by atoms with van der Waals surface area (Å²) in [4.78, 5) is 27.6. The number of hydrogen-bond acceptors (Lipinski definition) is 5. The van der Waals surface area contributed by atoms with Crippen LogP contribution >= 0.6 is 0 Å². The molecule has 2 aromatic heterocycles. The second-order valence-corrected chi connectivity index (χ2v) is 6.21. The Labute approximate surface area is 148 Å². The van der Waals surface area contributed by atoms with Crippen molar-refractivity contribution in [3.05, 3.63) is 59.0 Å². The molecule has 1 fully saturated rings. The van der Waals surface area contributed by atoms with Crippen LogP contribution in [-0.2, 0) is 6.54 Å². The molecule has 26 heavy (non-hydrogen) atoms. The van der Waals surface area contributed by atoms with Crippen molar-refractivity contribution in [2.24, 2.45) is 0 Å². The van der Waals surface area contributed by atoms with Crippen LogP contribution in [0.4, 0.5) is 14.6 Å². The van der Waals surface area contributed by atoms with E-state index in [9.17, 15) is 13.6 Å². The second kappa shape index (κ2) is 6.78. The summed E-state index contributed by atoms with van der Waals surface area (Å²) in [5.74, 6) is 1.07. The fraction of sp³-hybridized carbons (Fsp3) is 0.333. The highest BCUT2D eigenvalue weighted by Gasteiger charge is 2.31. The van der Waals surface area contributed by atoms with Crippen molar-refractivity contribution in [2.45, 2.75) is 31.9 Å². The van der Waals surface area contributed by atoms with Gasteiger partial charge in [-0.2, -0.15) is 0 Å². The Hall–Kier alpha value is -2.90. The lowest BCUT2D eigenvalue weighted by Crippen LogP contribution is -2.34. The van der Waals surface area contributed by atoms with Gasteiger partial charge in [-0.3, -0.25) is 9.36 Å². The molecule has 0 N–H and O–H groups in total. The molecule has 8 heteroatoms. The summed E-state index contributed by atoms with van der Waals surface area (Å²) < 4.78 is 27.5. The lowest BCUT2D eigenvalue weighted by Gasteiger charge is -2.27. The van der Waals surface area contributed by atoms with E-state index in [0.717, 1.165) is 24.0 Å². The molecule has 0 aliphatic carbocycles. The van der Waals surface area contributed by atoms with Gasteiger partial charge in [0.1, 0.15) is 18.0 Å². The Morgan fingerprint density at radius 1 is 1.23 bits per heavy atom. The van der Waals surface area contributed by atoms with E-state index in [1.807, 2.05) is 4.90 Å². The number of para-hydroxylation sites is 1. The maximum atomic E-state index is 13.2. The van der Waals surface area contributed by atoms with Gasteiger partial charge in [0.25, 0.3) is 12.0 Å². The molecular formula is C18H17F2N5O. The molecule has 134 valence electrons. The zero-order valence-corrected chi connectivity index (χ0v) is 13.9. The van der Waals surface area contributed by atoms with Crippen LogP contribution in [0.2, 0.25) is 0 Å². The summed E-state index contributed by atoms with van der Waals surface area (Å²) in [6, 6.07) is 8.34. The maximum Gasteiger partial charge on any atom is 0.261 e. The van der Waals surface area contributed by atoms with Crippen LogP contribution in [0.1, 0.15) is 24.7 Å². The molecular weight excluding hydrogens is 340 g/mol. The third-order valence-electron chi connectivity index (χ3n) is 4.62. The van der Waals surface area contributed by atoms with Crippen molar-refractivity contribution in [2.75, 3.05) is 11.4 Å². The number of fused-ring (bicyclic) bond motifs is 1. The van der Waals surface area contributed by atoms with Crippen LogP contribution < -0.4 is 10.5 Å². The molecule has 1 aliphatic heterocycles. The molecule has 3 heterocycles. The maximum absolute atomic E-state index is 13.2. The van der Waals surface area contributed by atoms with E-state index < -0.39 is 18.5 Å². The lowest BCUT2D eigenvalue weighted by molar-refractivity contribution is 0.123. The predicted molar refractivity (Wildman–Crippen MR) is 93.4 cm³/mol. The average Bonchev–Trinajstić information content (AvgIpc) is 3.14. The van der Waals surface area contributed by atoms with Gasteiger partial charge in [0.2, 0.25) is 0 Å². The third kappa shape index (κ3) is 2.91. The number of hydrogen-bond donors (Lipinski definition) is 0. The number of alkyl halides is 2. The van der Waals surface area contributed by atoms with Gasteiger partial charge in [-0.1, -0.05) is 12.1 Å². The fourth-order valence-corrected chi connectivity index (χ4v) is 3.52. The Bertz CT molecular complexity index is 976. The van der Waals surface area contributed by atoms with Crippen molar-refractivity contribution < 1.29 is 8.78 Å². The molecule has 1 atom stereocenters. The standard InChI is InChI=1S/C18H17F2N5O/c19-15(20)10-25-17(23-13-5-2-1-4-12(13)18(25)26)14-6-3-9-24(14)16-7-8-21-11-22-16/h1-2,4-5,7-8,11,14-15H,3,6,9-10H2. The normalized spacial score (nSPS) is 17.3. The number of halogens is 2. The summed E-state index contributed by atoms with van der Waals surface area (Å²) in [6.45, 7) is 0.0547. The van der Waals surface area contributed by atoms with Crippen LogP contribution in [-0.4, -0.2) is 32.5 Å². The van der Waals surface area contributed by atoms with Crippen LogP contribution in [0, 0.1) is 0 Å². The topological polar surface area (TPSA) is 63.9 Å². The molecule has 0 spiro atoms. The summed E-state index contributed by atoms with van der Waals surface area (Å²) in [7, 11) is 0. The Balaban J connectivity index is 1.88. The molecule has 0 radical (unpaired) electrons. The van der Waals surface area contributed by atoms with E-state index >= 15 is 0 Å². The minimum Gasteiger partial charge on any atom is -0.346 e. The first kappa shape index (κ1) is 16.6. The van der Waals surface area contributed by atoms with Gasteiger partial charge in [0.15, 0.2) is 0 Å². The zero-order valence-electron chi connectivity index (χ0n) is 13.9. The minimum atomic E-state index is -2.64. The quantitative estimate of drug-likeness (QED) is 0.718. The molecule has 0 amide bonds. The van der Waals surface area contributed by atoms with Crippen molar-refractivity contribution in [1.29, 1.82) is 0 Å². The fourth-order valence-electron chi connectivity index (χ4n) is 3.52. The largest absolute Gasteiger partial charge is 0.346 e. The van der Waals surface area contributed by atoms with E-state index in [2.05, 4.69) is 15.0 Å². The van der Waals surface area contributed by atoms with Crippen LogP contribution in [0.5, 0.6) is 0 Å². The van der Waals surface area contributed by atoms with Gasteiger partial charge < -0.3 is 4.90 Å². The summed E-state index contributed by atoms with van der Waals surface area (Å²) in [5, 5.41) is 0.350. The van der Waals surface area contributed by atoms with Crippen molar-refractivity contribution in [3.8, 4) is 0 Å². The van der Waals surface area contributed by atoms with Crippen molar-refractivity contribution >= 4 is 16.7 Å². The average molecular weight is 357 g/mol. The van der Waals surface area contributed by atoms with E-state index in [1.165, 1.54) is 6.33 Å². The number of aromatic nitrogens is 4. The third-order valence-corrected chi connectivity index (χ3v) is 4.62. The van der Waals surface area contributed by atoms with E-state index in [-0.39, 0.29) is 6.04 Å². The van der Waals surface area contributed by atoms with Crippen LogP contribution in [0.25, 0.3) is 10.9 Å². The lowest BCUT2D eigenvalue weighted by atomic mass is 10.1. The van der Waals surface area contributed by atoms with Gasteiger partial charge in [-0.25, -0.2) is 23.7 Å². The predicted octanol–water partition coefficient (Wildman–Crippen LogP) is 2.79. The van der Waals surface area contributed by atoms with Gasteiger partial charge in [0, 0.05) is 12.7 Å². The van der Waals surface area contributed by atoms with Gasteiger partial charge in [-0.15, -0.1) is 0 Å². The highest BCUT2D eigenvalue weighted by Crippen LogP contribution is 2.34. The van der Waals surface area contributed by atoms with E-state index in [4.69, 9.17) is 0 Å². The van der Waals surface area contributed by atoms with Crippen molar-refractivity contribution in [1.82, 2.24) is 19.5 Å². The molecule has 0 bridgehead atoms. The second-order valence-electron chi connectivity index (χ2n) is 6.21. The molecule has 1 unspecified atom stereocenters. The Kier molecular flexibility index (Phi) is 4.32. The first-order valence-corrected chi connectivity index (χ1v) is 8.45. The first-order valence-electron chi connectivity index (χ1n) is 8.45. The number of anilines is 1. The summed E-state index contributed by atoms with van der Waals surface area (Å²) in [5.41, 5.74) is 0.0907. The van der Waals surface area contributed by atoms with Gasteiger partial charge >= 0.3 is 0 Å². The first-order chi connectivity index (χ1) is 12.6. The molecule has 4 rings (SSSR count). The van der Waals surface area contributed by atoms with Crippen molar-refractivity contribution in [3.63, 3.8) is 0 Å². The Morgan fingerprint density at radius 3 is 2.85 bits per heavy atom. The molecule has 1 aromatic carbocycles. The molecule has 3 aromatic rings. The van der Waals surface area contributed by atoms with Gasteiger partial charge in [0.05, 0.1) is 23.5 Å². The molecule has 6 nitrogen and oxygen atoms in total. The van der Waals surface area contributed by atoms with Crippen LogP contribution in [0.15, 0.2) is 47.7 Å². The molecule has 1 aliphatic rings. The minimum absolute atomic E-state index is 0.277. The number of benzene rings is 1. The highest BCUT2D eigenvalue weighted by atomic mass is 19.3. The smallest absolute Gasteiger partial charge is 0.261 e. The highest BCUT2D eigenvalue weighted by molar-refractivity contribution is 5.77. The zero-order chi connectivity index (χ0) is 18.1.